The van der Waals surface area contributed by atoms with E-state index in [4.69, 9.17) is 10.8 Å². The molecule has 28 heavy (non-hydrogen) atoms. The third kappa shape index (κ3) is 6.33. The molecule has 0 amide bonds. The highest BCUT2D eigenvalue weighted by Gasteiger charge is 2.46. The first-order valence-corrected chi connectivity index (χ1v) is 13.9. The molecule has 1 aromatic carbocycles. The molecule has 1 unspecified atom stereocenters. The molecule has 0 radical (unpaired) electrons. The maximum Gasteiger partial charge on any atom is 0.201 e. The van der Waals surface area contributed by atoms with Gasteiger partial charge in [-0.3, -0.25) is 0 Å². The summed E-state index contributed by atoms with van der Waals surface area (Å²) in [5, 5.41) is 1.31. The summed E-state index contributed by atoms with van der Waals surface area (Å²) in [4.78, 5) is 0.300. The van der Waals surface area contributed by atoms with Crippen LogP contribution in [0.25, 0.3) is 0 Å². The second-order valence-corrected chi connectivity index (χ2v) is 15.5. The standard InChI is InChI=1S/C23H36O3SSi/c1-8-9-11-14-22(26-28(19(2)3,20(4)5)21(6)7)17-18-27(24,25)23-15-12-10-13-16-23/h1,10,12-13,15-22H,9,11,14H2,2-7H3/b18-17+. The van der Waals surface area contributed by atoms with Crippen LogP contribution in [0.2, 0.25) is 16.6 Å². The summed E-state index contributed by atoms with van der Waals surface area (Å²) < 4.78 is 32.2. The number of benzene rings is 1. The Hall–Kier alpha value is -1.35. The van der Waals surface area contributed by atoms with Gasteiger partial charge in [0.1, 0.15) is 0 Å². The summed E-state index contributed by atoms with van der Waals surface area (Å²) in [6, 6.07) is 8.50. The number of hydrogen-bond acceptors (Lipinski definition) is 3. The van der Waals surface area contributed by atoms with Crippen LogP contribution in [0.15, 0.2) is 46.7 Å². The lowest BCUT2D eigenvalue weighted by molar-refractivity contribution is 0.205. The van der Waals surface area contributed by atoms with Gasteiger partial charge in [0.25, 0.3) is 0 Å². The minimum absolute atomic E-state index is 0.245. The molecule has 1 atom stereocenters. The molecule has 1 rings (SSSR count). The fourth-order valence-corrected chi connectivity index (χ4v) is 10.8. The Morgan fingerprint density at radius 1 is 1.04 bits per heavy atom. The van der Waals surface area contributed by atoms with Crippen LogP contribution in [0.4, 0.5) is 0 Å². The van der Waals surface area contributed by atoms with Crippen LogP contribution < -0.4 is 0 Å². The van der Waals surface area contributed by atoms with E-state index >= 15 is 0 Å². The summed E-state index contributed by atoms with van der Waals surface area (Å²) in [5.41, 5.74) is 1.30. The number of unbranched alkanes of at least 4 members (excludes halogenated alkanes) is 1. The van der Waals surface area contributed by atoms with Crippen molar-refractivity contribution < 1.29 is 12.8 Å². The molecule has 0 aliphatic carbocycles. The van der Waals surface area contributed by atoms with Crippen molar-refractivity contribution in [1.82, 2.24) is 0 Å². The Kier molecular flexibility index (Phi) is 9.69. The van der Waals surface area contributed by atoms with Crippen LogP contribution >= 0.6 is 0 Å². The molecule has 0 aliphatic rings. The van der Waals surface area contributed by atoms with Gasteiger partial charge >= 0.3 is 0 Å². The largest absolute Gasteiger partial charge is 0.410 e. The molecule has 1 aromatic rings. The monoisotopic (exact) mass is 420 g/mol. The average Bonchev–Trinajstić information content (AvgIpc) is 2.63. The molecule has 0 aliphatic heterocycles. The molecular weight excluding hydrogens is 384 g/mol. The van der Waals surface area contributed by atoms with E-state index < -0.39 is 18.2 Å². The molecule has 0 spiro atoms. The summed E-state index contributed by atoms with van der Waals surface area (Å²) >= 11 is 0. The molecule has 5 heteroatoms. The van der Waals surface area contributed by atoms with Gasteiger partial charge in [-0.2, -0.15) is 0 Å². The first-order valence-electron chi connectivity index (χ1n) is 10.2. The smallest absolute Gasteiger partial charge is 0.201 e. The third-order valence-electron chi connectivity index (χ3n) is 5.42. The Morgan fingerprint density at radius 3 is 2.04 bits per heavy atom. The van der Waals surface area contributed by atoms with Crippen LogP contribution in [0.3, 0.4) is 0 Å². The van der Waals surface area contributed by atoms with E-state index in [9.17, 15) is 8.42 Å². The molecule has 3 nitrogen and oxygen atoms in total. The second-order valence-electron chi connectivity index (χ2n) is 8.26. The first kappa shape index (κ1) is 24.7. The fourth-order valence-electron chi connectivity index (χ4n) is 4.15. The fraction of sp³-hybridized carbons (Fsp3) is 0.565. The van der Waals surface area contributed by atoms with Crippen LogP contribution in [0, 0.1) is 12.3 Å². The van der Waals surface area contributed by atoms with Gasteiger partial charge in [0, 0.05) is 11.8 Å². The van der Waals surface area contributed by atoms with Gasteiger partial charge < -0.3 is 4.43 Å². The van der Waals surface area contributed by atoms with E-state index in [1.807, 2.05) is 6.07 Å². The molecule has 0 saturated carbocycles. The van der Waals surface area contributed by atoms with E-state index in [1.165, 1.54) is 5.41 Å². The van der Waals surface area contributed by atoms with Crippen molar-refractivity contribution in [2.24, 2.45) is 0 Å². The number of terminal acetylenes is 1. The SMILES string of the molecule is C#CCCCC(/C=C/S(=O)(=O)c1ccccc1)O[Si](C(C)C)(C(C)C)C(C)C. The Bertz CT molecular complexity index is 737. The summed E-state index contributed by atoms with van der Waals surface area (Å²) in [6.45, 7) is 13.4. The van der Waals surface area contributed by atoms with Gasteiger partial charge in [-0.15, -0.1) is 12.3 Å². The van der Waals surface area contributed by atoms with Gasteiger partial charge in [-0.25, -0.2) is 8.42 Å². The maximum absolute atomic E-state index is 12.7. The normalized spacial score (nSPS) is 14.1. The van der Waals surface area contributed by atoms with Gasteiger partial charge in [-0.1, -0.05) is 59.7 Å². The second kappa shape index (κ2) is 11.0. The van der Waals surface area contributed by atoms with Crippen molar-refractivity contribution in [2.45, 2.75) is 88.4 Å². The lowest BCUT2D eigenvalue weighted by atomic mass is 10.1. The van der Waals surface area contributed by atoms with Gasteiger partial charge in [0.15, 0.2) is 9.84 Å². The van der Waals surface area contributed by atoms with Crippen molar-refractivity contribution >= 4 is 18.2 Å². The molecule has 0 bridgehead atoms. The quantitative estimate of drug-likeness (QED) is 0.238. The lowest BCUT2D eigenvalue weighted by Gasteiger charge is -2.44. The Balaban J connectivity index is 3.19. The van der Waals surface area contributed by atoms with Crippen LogP contribution in [0.5, 0.6) is 0 Å². The highest BCUT2D eigenvalue weighted by atomic mass is 32.2. The maximum atomic E-state index is 12.7. The molecule has 0 fully saturated rings. The van der Waals surface area contributed by atoms with E-state index in [0.717, 1.165) is 12.8 Å². The highest BCUT2D eigenvalue weighted by Crippen LogP contribution is 2.43. The van der Waals surface area contributed by atoms with Crippen molar-refractivity contribution in [1.29, 1.82) is 0 Å². The third-order valence-corrected chi connectivity index (χ3v) is 13.0. The first-order chi connectivity index (χ1) is 13.1. The van der Waals surface area contributed by atoms with Crippen LogP contribution in [-0.4, -0.2) is 22.8 Å². The molecule has 0 heterocycles. The zero-order valence-corrected chi connectivity index (χ0v) is 20.0. The molecule has 0 N–H and O–H groups in total. The molecule has 0 aromatic heterocycles. The summed E-state index contributed by atoms with van der Waals surface area (Å²) in [6.07, 6.45) is 9.10. The Morgan fingerprint density at radius 2 is 1.57 bits per heavy atom. The zero-order chi connectivity index (χ0) is 21.4. The van der Waals surface area contributed by atoms with Crippen molar-refractivity contribution in [3.8, 4) is 12.3 Å². The van der Waals surface area contributed by atoms with Crippen molar-refractivity contribution in [3.05, 3.63) is 41.8 Å². The van der Waals surface area contributed by atoms with Crippen molar-refractivity contribution in [2.75, 3.05) is 0 Å². The van der Waals surface area contributed by atoms with Crippen LogP contribution in [0.1, 0.15) is 60.8 Å². The van der Waals surface area contributed by atoms with Crippen LogP contribution in [-0.2, 0) is 14.3 Å². The minimum atomic E-state index is -3.49. The van der Waals surface area contributed by atoms with Gasteiger partial charge in [0.05, 0.1) is 11.0 Å². The van der Waals surface area contributed by atoms with E-state index in [-0.39, 0.29) is 6.10 Å². The Labute approximate surface area is 173 Å². The number of sulfone groups is 1. The zero-order valence-electron chi connectivity index (χ0n) is 18.2. The predicted octanol–water partition coefficient (Wildman–Crippen LogP) is 6.34. The highest BCUT2D eigenvalue weighted by molar-refractivity contribution is 7.94. The van der Waals surface area contributed by atoms with Gasteiger partial charge in [-0.05, 0) is 47.7 Å². The summed E-state index contributed by atoms with van der Waals surface area (Å²) in [7, 11) is -5.61. The summed E-state index contributed by atoms with van der Waals surface area (Å²) in [5.74, 6) is 2.67. The molecule has 0 saturated heterocycles. The number of rotatable bonds is 11. The lowest BCUT2D eigenvalue weighted by Crippen LogP contribution is -2.50. The van der Waals surface area contributed by atoms with E-state index in [2.05, 4.69) is 47.5 Å². The topological polar surface area (TPSA) is 43.4 Å². The average molecular weight is 421 g/mol. The predicted molar refractivity (Wildman–Crippen MR) is 121 cm³/mol. The van der Waals surface area contributed by atoms with E-state index in [0.29, 0.717) is 27.9 Å². The molecular formula is C23H36O3SSi. The van der Waals surface area contributed by atoms with E-state index in [1.54, 1.807) is 30.3 Å². The van der Waals surface area contributed by atoms with Gasteiger partial charge in [0.2, 0.25) is 8.32 Å². The number of hydrogen-bond donors (Lipinski definition) is 0. The van der Waals surface area contributed by atoms with Crippen molar-refractivity contribution in [3.63, 3.8) is 0 Å². The minimum Gasteiger partial charge on any atom is -0.410 e. The molecule has 156 valence electrons.